The van der Waals surface area contributed by atoms with E-state index in [4.69, 9.17) is 9.47 Å². The Balaban J connectivity index is 1.52. The molecule has 8 heteroatoms. The molecule has 1 saturated heterocycles. The van der Waals surface area contributed by atoms with E-state index in [2.05, 4.69) is 10.6 Å². The van der Waals surface area contributed by atoms with Crippen LogP contribution < -0.4 is 15.4 Å². The third-order valence-electron chi connectivity index (χ3n) is 3.76. The topological polar surface area (TPSA) is 97.0 Å². The van der Waals surface area contributed by atoms with Crippen molar-refractivity contribution in [2.75, 3.05) is 33.4 Å². The first-order valence-corrected chi connectivity index (χ1v) is 8.15. The van der Waals surface area contributed by atoms with E-state index in [1.807, 2.05) is 24.3 Å². The van der Waals surface area contributed by atoms with Gasteiger partial charge >= 0.3 is 6.03 Å². The van der Waals surface area contributed by atoms with Gasteiger partial charge in [-0.15, -0.1) is 0 Å². The molecule has 1 aromatic carbocycles. The largest absolute Gasteiger partial charge is 0.497 e. The molecule has 4 amide bonds. The lowest BCUT2D eigenvalue weighted by Gasteiger charge is -2.13. The number of amides is 4. The van der Waals surface area contributed by atoms with Crippen LogP contribution in [0.1, 0.15) is 18.4 Å². The van der Waals surface area contributed by atoms with E-state index in [-0.39, 0.29) is 43.8 Å². The number of carbonyl (C=O) groups excluding carboxylic acids is 3. The zero-order chi connectivity index (χ0) is 18.1. The molecule has 2 rings (SSSR count). The molecule has 1 aromatic rings. The monoisotopic (exact) mass is 349 g/mol. The Bertz CT molecular complexity index is 587. The van der Waals surface area contributed by atoms with Gasteiger partial charge in [0.05, 0.1) is 26.9 Å². The summed E-state index contributed by atoms with van der Waals surface area (Å²) in [5.41, 5.74) is 0.965. The fourth-order valence-corrected chi connectivity index (χ4v) is 2.36. The van der Waals surface area contributed by atoms with E-state index >= 15 is 0 Å². The first-order valence-electron chi connectivity index (χ1n) is 8.15. The number of imide groups is 1. The predicted octanol–water partition coefficient (Wildman–Crippen LogP) is 0.660. The van der Waals surface area contributed by atoms with Crippen LogP contribution in [0.4, 0.5) is 4.79 Å². The molecule has 136 valence electrons. The molecule has 1 fully saturated rings. The molecule has 0 atom stereocenters. The number of nitrogens with zero attached hydrogens (tertiary/aromatic N) is 1. The number of hydrogen-bond acceptors (Lipinski definition) is 5. The number of likely N-dealkylation sites (tertiary alicyclic amines) is 1. The molecule has 25 heavy (non-hydrogen) atoms. The molecule has 2 N–H and O–H groups in total. The first-order chi connectivity index (χ1) is 12.1. The van der Waals surface area contributed by atoms with Crippen molar-refractivity contribution in [3.8, 4) is 5.75 Å². The number of ether oxygens (including phenoxy) is 2. The zero-order valence-electron chi connectivity index (χ0n) is 14.2. The van der Waals surface area contributed by atoms with Crippen LogP contribution in [-0.4, -0.2) is 56.2 Å². The Kier molecular flexibility index (Phi) is 7.21. The normalized spacial score (nSPS) is 13.9. The van der Waals surface area contributed by atoms with Crippen LogP contribution in [0.25, 0.3) is 0 Å². The van der Waals surface area contributed by atoms with Gasteiger partial charge < -0.3 is 20.1 Å². The molecular formula is C17H23N3O5. The number of rotatable bonds is 9. The van der Waals surface area contributed by atoms with Crippen molar-refractivity contribution in [3.05, 3.63) is 29.8 Å². The lowest BCUT2D eigenvalue weighted by Crippen LogP contribution is -2.37. The Hall–Kier alpha value is -2.61. The molecule has 1 aliphatic heterocycles. The van der Waals surface area contributed by atoms with Gasteiger partial charge in [0, 0.05) is 25.9 Å². The summed E-state index contributed by atoms with van der Waals surface area (Å²) in [6.45, 7) is 1.60. The van der Waals surface area contributed by atoms with Crippen LogP contribution in [0, 0.1) is 0 Å². The summed E-state index contributed by atoms with van der Waals surface area (Å²) in [6.07, 6.45) is 0.573. The average Bonchev–Trinajstić information content (AvgIpc) is 2.95. The minimum atomic E-state index is -0.288. The van der Waals surface area contributed by atoms with Gasteiger partial charge in [-0.1, -0.05) is 12.1 Å². The highest BCUT2D eigenvalue weighted by atomic mass is 16.5. The number of carbonyl (C=O) groups is 3. The maximum atomic E-state index is 11.7. The lowest BCUT2D eigenvalue weighted by atomic mass is 10.2. The summed E-state index contributed by atoms with van der Waals surface area (Å²) in [4.78, 5) is 35.7. The molecule has 0 aromatic heterocycles. The van der Waals surface area contributed by atoms with E-state index in [1.165, 1.54) is 4.90 Å². The van der Waals surface area contributed by atoms with Crippen molar-refractivity contribution >= 4 is 17.8 Å². The number of benzene rings is 1. The average molecular weight is 349 g/mol. The Labute approximate surface area is 146 Å². The van der Waals surface area contributed by atoms with Crippen LogP contribution in [0.15, 0.2) is 24.3 Å². The van der Waals surface area contributed by atoms with E-state index in [0.29, 0.717) is 19.7 Å². The van der Waals surface area contributed by atoms with Gasteiger partial charge in [-0.3, -0.25) is 14.5 Å². The van der Waals surface area contributed by atoms with Gasteiger partial charge in [0.25, 0.3) is 0 Å². The third-order valence-corrected chi connectivity index (χ3v) is 3.76. The smallest absolute Gasteiger partial charge is 0.315 e. The molecule has 1 heterocycles. The molecule has 0 aliphatic carbocycles. The molecule has 0 unspecified atom stereocenters. The highest BCUT2D eigenvalue weighted by molar-refractivity contribution is 6.01. The molecule has 0 radical (unpaired) electrons. The zero-order valence-corrected chi connectivity index (χ0v) is 14.2. The van der Waals surface area contributed by atoms with Gasteiger partial charge in [0.15, 0.2) is 0 Å². The maximum absolute atomic E-state index is 11.7. The van der Waals surface area contributed by atoms with Crippen LogP contribution in [-0.2, 0) is 20.9 Å². The minimum Gasteiger partial charge on any atom is -0.497 e. The maximum Gasteiger partial charge on any atom is 0.315 e. The molecule has 0 saturated carbocycles. The third kappa shape index (κ3) is 6.07. The summed E-state index contributed by atoms with van der Waals surface area (Å²) in [5, 5.41) is 5.41. The first kappa shape index (κ1) is 18.7. The van der Waals surface area contributed by atoms with E-state index < -0.39 is 0 Å². The van der Waals surface area contributed by atoms with Gasteiger partial charge in [-0.2, -0.15) is 0 Å². The number of urea groups is 1. The van der Waals surface area contributed by atoms with Crippen LogP contribution in [0.2, 0.25) is 0 Å². The number of hydrogen-bond donors (Lipinski definition) is 2. The van der Waals surface area contributed by atoms with Crippen LogP contribution >= 0.6 is 0 Å². The van der Waals surface area contributed by atoms with Crippen molar-refractivity contribution < 1.29 is 23.9 Å². The summed E-state index contributed by atoms with van der Waals surface area (Å²) >= 11 is 0. The van der Waals surface area contributed by atoms with Gasteiger partial charge in [0.1, 0.15) is 5.75 Å². The fraction of sp³-hybridized carbons (Fsp3) is 0.471. The van der Waals surface area contributed by atoms with Crippen molar-refractivity contribution in [2.24, 2.45) is 0 Å². The van der Waals surface area contributed by atoms with Crippen molar-refractivity contribution in [3.63, 3.8) is 0 Å². The van der Waals surface area contributed by atoms with Crippen molar-refractivity contribution in [1.82, 2.24) is 15.5 Å². The molecule has 1 aliphatic rings. The minimum absolute atomic E-state index is 0.148. The summed E-state index contributed by atoms with van der Waals surface area (Å²) in [5.74, 6) is 0.469. The lowest BCUT2D eigenvalue weighted by molar-refractivity contribution is -0.139. The summed E-state index contributed by atoms with van der Waals surface area (Å²) < 4.78 is 10.4. The van der Waals surface area contributed by atoms with E-state index in [1.54, 1.807) is 7.11 Å². The number of methoxy groups -OCH3 is 1. The summed E-state index contributed by atoms with van der Waals surface area (Å²) in [7, 11) is 1.60. The van der Waals surface area contributed by atoms with Gasteiger partial charge in [-0.25, -0.2) is 4.79 Å². The molecule has 8 nitrogen and oxygen atoms in total. The predicted molar refractivity (Wildman–Crippen MR) is 90.0 cm³/mol. The van der Waals surface area contributed by atoms with Crippen LogP contribution in [0.3, 0.4) is 0 Å². The second-order valence-corrected chi connectivity index (χ2v) is 5.51. The second-order valence-electron chi connectivity index (χ2n) is 5.51. The Morgan fingerprint density at radius 1 is 1.08 bits per heavy atom. The van der Waals surface area contributed by atoms with Gasteiger partial charge in [-0.05, 0) is 17.7 Å². The second kappa shape index (κ2) is 9.63. The Morgan fingerprint density at radius 3 is 2.40 bits per heavy atom. The summed E-state index contributed by atoms with van der Waals surface area (Å²) in [6, 6.07) is 7.13. The standard InChI is InChI=1S/C17H23N3O5/c1-24-14-4-2-13(3-5-14)12-19-17(23)18-8-10-25-11-9-20-15(21)6-7-16(20)22/h2-5H,6-12H2,1H3,(H2,18,19,23). The SMILES string of the molecule is COc1ccc(CNC(=O)NCCOCCN2C(=O)CCC2=O)cc1. The van der Waals surface area contributed by atoms with Crippen molar-refractivity contribution in [2.45, 2.75) is 19.4 Å². The fourth-order valence-electron chi connectivity index (χ4n) is 2.36. The number of nitrogens with one attached hydrogen (secondary N) is 2. The highest BCUT2D eigenvalue weighted by Crippen LogP contribution is 2.11. The molecular weight excluding hydrogens is 326 g/mol. The van der Waals surface area contributed by atoms with E-state index in [0.717, 1.165) is 11.3 Å². The quantitative estimate of drug-likeness (QED) is 0.504. The van der Waals surface area contributed by atoms with E-state index in [9.17, 15) is 14.4 Å². The Morgan fingerprint density at radius 2 is 1.76 bits per heavy atom. The van der Waals surface area contributed by atoms with Crippen LogP contribution in [0.5, 0.6) is 5.75 Å². The molecule has 0 spiro atoms. The van der Waals surface area contributed by atoms with Gasteiger partial charge in [0.2, 0.25) is 11.8 Å². The molecule has 0 bridgehead atoms. The highest BCUT2D eigenvalue weighted by Gasteiger charge is 2.28. The van der Waals surface area contributed by atoms with Crippen molar-refractivity contribution in [1.29, 1.82) is 0 Å².